The molecule has 0 heterocycles. The van der Waals surface area contributed by atoms with E-state index in [2.05, 4.69) is 12.2 Å². The highest BCUT2D eigenvalue weighted by molar-refractivity contribution is 5.80. The van der Waals surface area contributed by atoms with E-state index >= 15 is 0 Å². The minimum Gasteiger partial charge on any atom is -0.481 e. The molecule has 6 nitrogen and oxygen atoms in total. The molecule has 0 radical (unpaired) electrons. The summed E-state index contributed by atoms with van der Waals surface area (Å²) in [5, 5.41) is 33.5. The Labute approximate surface area is 173 Å². The maximum atomic E-state index is 12.0. The molecule has 1 aromatic carbocycles. The summed E-state index contributed by atoms with van der Waals surface area (Å²) < 4.78 is 0. The number of hydrogen-bond donors (Lipinski definition) is 4. The predicted octanol–water partition coefficient (Wildman–Crippen LogP) is 3.08. The van der Waals surface area contributed by atoms with Crippen molar-refractivity contribution in [2.45, 2.75) is 76.4 Å². The SMILES string of the molecule is C[C@@H]1CC[C@H](CNC(=O)CCC(=O)O)[C@@](C)(O)C[C@H](c2ccccc2)C[C@@H](O)C1. The summed E-state index contributed by atoms with van der Waals surface area (Å²) in [6.45, 7) is 4.25. The highest BCUT2D eigenvalue weighted by Crippen LogP contribution is 2.38. The van der Waals surface area contributed by atoms with Crippen LogP contribution in [0.3, 0.4) is 0 Å². The fourth-order valence-corrected chi connectivity index (χ4v) is 4.40. The first-order valence-corrected chi connectivity index (χ1v) is 10.6. The second kappa shape index (κ2) is 10.7. The van der Waals surface area contributed by atoms with Crippen LogP contribution in [-0.4, -0.2) is 45.4 Å². The largest absolute Gasteiger partial charge is 0.481 e. The summed E-state index contributed by atoms with van der Waals surface area (Å²) in [7, 11) is 0. The van der Waals surface area contributed by atoms with Crippen molar-refractivity contribution >= 4 is 11.9 Å². The average Bonchev–Trinajstić information content (AvgIpc) is 2.65. The summed E-state index contributed by atoms with van der Waals surface area (Å²) in [6.07, 6.45) is 2.76. The van der Waals surface area contributed by atoms with E-state index in [1.165, 1.54) is 0 Å². The predicted molar refractivity (Wildman–Crippen MR) is 111 cm³/mol. The van der Waals surface area contributed by atoms with Crippen molar-refractivity contribution in [3.8, 4) is 0 Å². The van der Waals surface area contributed by atoms with E-state index < -0.39 is 17.7 Å². The molecule has 0 aromatic heterocycles. The molecular formula is C23H35NO5. The van der Waals surface area contributed by atoms with Crippen molar-refractivity contribution in [3.05, 3.63) is 35.9 Å². The smallest absolute Gasteiger partial charge is 0.303 e. The zero-order valence-electron chi connectivity index (χ0n) is 17.5. The molecule has 1 aliphatic carbocycles. The van der Waals surface area contributed by atoms with E-state index in [1.54, 1.807) is 0 Å². The number of amides is 1. The summed E-state index contributed by atoms with van der Waals surface area (Å²) in [5.74, 6) is -1.09. The van der Waals surface area contributed by atoms with Crippen LogP contribution in [0.15, 0.2) is 30.3 Å². The summed E-state index contributed by atoms with van der Waals surface area (Å²) in [6, 6.07) is 9.96. The molecule has 5 atom stereocenters. The van der Waals surface area contributed by atoms with Crippen LogP contribution in [0.25, 0.3) is 0 Å². The molecule has 1 aromatic rings. The number of carboxylic acids is 1. The highest BCUT2D eigenvalue weighted by atomic mass is 16.4. The van der Waals surface area contributed by atoms with E-state index in [0.717, 1.165) is 24.8 Å². The Bertz CT molecular complexity index is 660. The number of nitrogens with one attached hydrogen (secondary N) is 1. The number of aliphatic hydroxyl groups is 2. The third-order valence-corrected chi connectivity index (χ3v) is 6.16. The molecule has 0 bridgehead atoms. The average molecular weight is 406 g/mol. The molecule has 1 fully saturated rings. The molecule has 1 saturated carbocycles. The molecule has 0 saturated heterocycles. The van der Waals surface area contributed by atoms with Gasteiger partial charge in [-0.15, -0.1) is 0 Å². The second-order valence-corrected chi connectivity index (χ2v) is 8.87. The molecule has 0 aliphatic heterocycles. The van der Waals surface area contributed by atoms with Gasteiger partial charge in [0.2, 0.25) is 5.91 Å². The lowest BCUT2D eigenvalue weighted by Gasteiger charge is -2.38. The van der Waals surface area contributed by atoms with E-state index in [0.29, 0.717) is 25.3 Å². The first-order chi connectivity index (χ1) is 13.7. The normalized spacial score (nSPS) is 31.0. The van der Waals surface area contributed by atoms with Gasteiger partial charge in [-0.2, -0.15) is 0 Å². The van der Waals surface area contributed by atoms with Gasteiger partial charge in [-0.25, -0.2) is 0 Å². The molecular weight excluding hydrogens is 370 g/mol. The summed E-state index contributed by atoms with van der Waals surface area (Å²) >= 11 is 0. The Morgan fingerprint density at radius 2 is 1.83 bits per heavy atom. The van der Waals surface area contributed by atoms with Crippen LogP contribution in [0.4, 0.5) is 0 Å². The van der Waals surface area contributed by atoms with Gasteiger partial charge in [-0.1, -0.05) is 43.7 Å². The van der Waals surface area contributed by atoms with Crippen LogP contribution >= 0.6 is 0 Å². The molecule has 2 rings (SSSR count). The van der Waals surface area contributed by atoms with Gasteiger partial charge in [0, 0.05) is 18.9 Å². The van der Waals surface area contributed by atoms with Gasteiger partial charge in [-0.05, 0) is 50.0 Å². The number of aliphatic carboxylic acids is 1. The Hall–Kier alpha value is -1.92. The molecule has 1 aliphatic rings. The molecule has 162 valence electrons. The first kappa shape index (κ1) is 23.4. The van der Waals surface area contributed by atoms with Crippen molar-refractivity contribution in [1.82, 2.24) is 5.32 Å². The molecule has 0 spiro atoms. The third kappa shape index (κ3) is 7.78. The Kier molecular flexibility index (Phi) is 8.65. The number of carbonyl (C=O) groups excluding carboxylic acids is 1. The summed E-state index contributed by atoms with van der Waals surface area (Å²) in [5.41, 5.74) is 0.0847. The van der Waals surface area contributed by atoms with Crippen molar-refractivity contribution in [3.63, 3.8) is 0 Å². The van der Waals surface area contributed by atoms with Crippen molar-refractivity contribution < 1.29 is 24.9 Å². The number of hydrogen-bond acceptors (Lipinski definition) is 4. The Morgan fingerprint density at radius 1 is 1.14 bits per heavy atom. The molecule has 29 heavy (non-hydrogen) atoms. The van der Waals surface area contributed by atoms with Crippen LogP contribution in [0.1, 0.15) is 70.3 Å². The third-order valence-electron chi connectivity index (χ3n) is 6.16. The van der Waals surface area contributed by atoms with Crippen LogP contribution in [0, 0.1) is 11.8 Å². The number of carboxylic acid groups (broad SMARTS) is 1. The lowest BCUT2D eigenvalue weighted by atomic mass is 9.73. The van der Waals surface area contributed by atoms with Crippen LogP contribution < -0.4 is 5.32 Å². The molecule has 6 heteroatoms. The van der Waals surface area contributed by atoms with Gasteiger partial charge in [0.1, 0.15) is 0 Å². The minimum atomic E-state index is -1.02. The standard InChI is InChI=1S/C23H35NO5/c1-16-8-9-19(15-24-21(26)10-11-22(27)28)23(2,29)14-18(13-20(25)12-16)17-6-4-3-5-7-17/h3-7,16,18-20,25,29H,8-15H2,1-2H3,(H,24,26)(H,27,28)/t16-,18-,19-,20+,23+/m1/s1. The van der Waals surface area contributed by atoms with Crippen LogP contribution in [0.5, 0.6) is 0 Å². The zero-order valence-corrected chi connectivity index (χ0v) is 17.5. The van der Waals surface area contributed by atoms with Crippen LogP contribution in [0.2, 0.25) is 0 Å². The quantitative estimate of drug-likeness (QED) is 0.582. The minimum absolute atomic E-state index is 0.0247. The number of rotatable bonds is 6. The Balaban J connectivity index is 2.13. The van der Waals surface area contributed by atoms with Crippen molar-refractivity contribution in [2.24, 2.45) is 11.8 Å². The van der Waals surface area contributed by atoms with Gasteiger partial charge in [0.25, 0.3) is 0 Å². The number of carbonyl (C=O) groups is 2. The van der Waals surface area contributed by atoms with Gasteiger partial charge < -0.3 is 20.6 Å². The molecule has 4 N–H and O–H groups in total. The van der Waals surface area contributed by atoms with E-state index in [4.69, 9.17) is 5.11 Å². The number of aliphatic hydroxyl groups excluding tert-OH is 1. The maximum absolute atomic E-state index is 12.0. The second-order valence-electron chi connectivity index (χ2n) is 8.87. The summed E-state index contributed by atoms with van der Waals surface area (Å²) in [4.78, 5) is 22.6. The fourth-order valence-electron chi connectivity index (χ4n) is 4.40. The zero-order chi connectivity index (χ0) is 21.4. The monoisotopic (exact) mass is 405 g/mol. The maximum Gasteiger partial charge on any atom is 0.303 e. The first-order valence-electron chi connectivity index (χ1n) is 10.6. The highest BCUT2D eigenvalue weighted by Gasteiger charge is 2.36. The van der Waals surface area contributed by atoms with E-state index in [9.17, 15) is 19.8 Å². The molecule has 0 unspecified atom stereocenters. The fraction of sp³-hybridized carbons (Fsp3) is 0.652. The van der Waals surface area contributed by atoms with Gasteiger partial charge >= 0.3 is 5.97 Å². The van der Waals surface area contributed by atoms with E-state index in [1.807, 2.05) is 37.3 Å². The Morgan fingerprint density at radius 3 is 2.48 bits per heavy atom. The van der Waals surface area contributed by atoms with Crippen molar-refractivity contribution in [2.75, 3.05) is 6.54 Å². The lowest BCUT2D eigenvalue weighted by molar-refractivity contribution is -0.139. The van der Waals surface area contributed by atoms with E-state index in [-0.39, 0.29) is 30.6 Å². The lowest BCUT2D eigenvalue weighted by Crippen LogP contribution is -2.44. The number of benzene rings is 1. The van der Waals surface area contributed by atoms with Gasteiger partial charge in [0.15, 0.2) is 0 Å². The van der Waals surface area contributed by atoms with Crippen molar-refractivity contribution in [1.29, 1.82) is 0 Å². The van der Waals surface area contributed by atoms with Gasteiger partial charge in [-0.3, -0.25) is 9.59 Å². The topological polar surface area (TPSA) is 107 Å². The molecule has 1 amide bonds. The van der Waals surface area contributed by atoms with Gasteiger partial charge in [0.05, 0.1) is 18.1 Å². The van der Waals surface area contributed by atoms with Crippen LogP contribution in [-0.2, 0) is 9.59 Å².